The third-order valence-electron chi connectivity index (χ3n) is 4.98. The Morgan fingerprint density at radius 1 is 0.500 bits per heavy atom. The van der Waals surface area contributed by atoms with E-state index < -0.39 is 16.1 Å². The number of benzene rings is 3. The fraction of sp³-hybridized carbons (Fsp3) is 0.143. The second kappa shape index (κ2) is 7.47. The van der Waals surface area contributed by atoms with Gasteiger partial charge in [0.1, 0.15) is 0 Å². The molecule has 0 aliphatic rings. The van der Waals surface area contributed by atoms with Gasteiger partial charge >= 0.3 is 0 Å². The van der Waals surface area contributed by atoms with Crippen molar-refractivity contribution in [1.82, 2.24) is 0 Å². The Morgan fingerprint density at radius 3 is 1.12 bits per heavy atom. The minimum Gasteiger partial charge on any atom is -0.0687 e. The average Bonchev–Trinajstić information content (AvgIpc) is 2.59. The van der Waals surface area contributed by atoms with Gasteiger partial charge < -0.3 is 0 Å². The van der Waals surface area contributed by atoms with Crippen LogP contribution in [0.3, 0.4) is 0 Å². The molecule has 0 fully saturated rings. The molecule has 0 saturated carbocycles. The summed E-state index contributed by atoms with van der Waals surface area (Å²) < 4.78 is 0. The van der Waals surface area contributed by atoms with Crippen molar-refractivity contribution in [1.29, 1.82) is 0 Å². The summed E-state index contributed by atoms with van der Waals surface area (Å²) in [5.41, 5.74) is 4.08. The first-order valence-corrected chi connectivity index (χ1v) is 17.8. The van der Waals surface area contributed by atoms with E-state index in [0.29, 0.717) is 0 Å². The maximum atomic E-state index is 2.40. The summed E-state index contributed by atoms with van der Waals surface area (Å²) in [7, 11) is -0.706. The standard InChI is InChI=1S/C21H26Si3/c1-16-4-10-19(11-5-16)23(20-12-6-17(2)7-13-20)24(22)21-14-8-18(3)9-15-21/h4-15,23-24H,1-3,22H3. The van der Waals surface area contributed by atoms with Gasteiger partial charge in [-0.25, -0.2) is 0 Å². The first-order chi connectivity index (χ1) is 11.5. The first-order valence-electron chi connectivity index (χ1n) is 8.74. The number of hydrogen-bond donors (Lipinski definition) is 0. The summed E-state index contributed by atoms with van der Waals surface area (Å²) in [6.07, 6.45) is 0. The van der Waals surface area contributed by atoms with Crippen LogP contribution in [0.1, 0.15) is 16.7 Å². The molecule has 3 aromatic carbocycles. The highest BCUT2D eigenvalue weighted by Gasteiger charge is 2.25. The molecule has 0 N–H and O–H groups in total. The fourth-order valence-corrected chi connectivity index (χ4v) is 22.0. The molecule has 0 saturated heterocycles. The Kier molecular flexibility index (Phi) is 5.33. The van der Waals surface area contributed by atoms with Crippen molar-refractivity contribution < 1.29 is 0 Å². The van der Waals surface area contributed by atoms with Gasteiger partial charge in [-0.3, -0.25) is 0 Å². The zero-order valence-electron chi connectivity index (χ0n) is 15.1. The van der Waals surface area contributed by atoms with Gasteiger partial charge in [0, 0.05) is 0 Å². The number of aryl methyl sites for hydroxylation is 3. The molecule has 3 heteroatoms. The predicted molar refractivity (Wildman–Crippen MR) is 117 cm³/mol. The van der Waals surface area contributed by atoms with Crippen LogP contribution in [0.15, 0.2) is 72.8 Å². The molecule has 0 radical (unpaired) electrons. The highest BCUT2D eigenvalue weighted by molar-refractivity contribution is 7.52. The van der Waals surface area contributed by atoms with E-state index in [1.807, 2.05) is 0 Å². The van der Waals surface area contributed by atoms with Gasteiger partial charge in [-0.1, -0.05) is 105 Å². The summed E-state index contributed by atoms with van der Waals surface area (Å²) in [5.74, 6) is 0. The Bertz CT molecular complexity index is 744. The SMILES string of the molecule is Cc1ccc([SiH]([SiH3])[SiH](c2ccc(C)cc2)c2ccc(C)cc2)cc1. The van der Waals surface area contributed by atoms with Crippen LogP contribution < -0.4 is 15.6 Å². The van der Waals surface area contributed by atoms with Gasteiger partial charge in [0.2, 0.25) is 0 Å². The molecule has 3 rings (SSSR count). The van der Waals surface area contributed by atoms with Crippen LogP contribution in [0.2, 0.25) is 0 Å². The first kappa shape index (κ1) is 17.1. The summed E-state index contributed by atoms with van der Waals surface area (Å²) in [4.78, 5) is 0. The lowest BCUT2D eigenvalue weighted by Crippen LogP contribution is -2.60. The Hall–Kier alpha value is -1.69. The van der Waals surface area contributed by atoms with Crippen molar-refractivity contribution in [3.8, 4) is 0 Å². The fourth-order valence-electron chi connectivity index (χ4n) is 3.38. The molecule has 0 aliphatic heterocycles. The lowest BCUT2D eigenvalue weighted by atomic mass is 10.2. The van der Waals surface area contributed by atoms with E-state index in [4.69, 9.17) is 0 Å². The highest BCUT2D eigenvalue weighted by atomic mass is 29.6. The normalized spacial score (nSPS) is 12.5. The van der Waals surface area contributed by atoms with Gasteiger partial charge in [0.05, 0.1) is 16.1 Å². The molecule has 0 amide bonds. The molecule has 0 aliphatic carbocycles. The van der Waals surface area contributed by atoms with E-state index in [1.165, 1.54) is 26.5 Å². The molecule has 3 aromatic rings. The maximum absolute atomic E-state index is 2.40. The summed E-state index contributed by atoms with van der Waals surface area (Å²) in [6.45, 7) is 6.55. The van der Waals surface area contributed by atoms with Crippen molar-refractivity contribution in [2.45, 2.75) is 20.8 Å². The Balaban J connectivity index is 2.05. The highest BCUT2D eigenvalue weighted by Crippen LogP contribution is 2.02. The maximum Gasteiger partial charge on any atom is 0.0946 e. The third kappa shape index (κ3) is 3.86. The second-order valence-electron chi connectivity index (χ2n) is 7.00. The minimum atomic E-state index is -1.13. The van der Waals surface area contributed by atoms with Crippen molar-refractivity contribution in [3.05, 3.63) is 89.5 Å². The Morgan fingerprint density at radius 2 is 0.792 bits per heavy atom. The van der Waals surface area contributed by atoms with Crippen LogP contribution in [-0.2, 0) is 0 Å². The molecule has 1 unspecified atom stereocenters. The molecule has 0 spiro atoms. The van der Waals surface area contributed by atoms with E-state index in [1.54, 1.807) is 15.6 Å². The van der Waals surface area contributed by atoms with E-state index in [9.17, 15) is 0 Å². The van der Waals surface area contributed by atoms with Crippen molar-refractivity contribution in [2.24, 2.45) is 0 Å². The van der Waals surface area contributed by atoms with E-state index in [0.717, 1.165) is 0 Å². The van der Waals surface area contributed by atoms with Crippen molar-refractivity contribution >= 4 is 41.5 Å². The van der Waals surface area contributed by atoms with E-state index >= 15 is 0 Å². The predicted octanol–water partition coefficient (Wildman–Crippen LogP) is 1.03. The largest absolute Gasteiger partial charge is 0.0946 e. The smallest absolute Gasteiger partial charge is 0.0687 e. The molecule has 0 heterocycles. The lowest BCUT2D eigenvalue weighted by molar-refractivity contribution is 1.48. The topological polar surface area (TPSA) is 0 Å². The van der Waals surface area contributed by atoms with Gasteiger partial charge in [0.15, 0.2) is 0 Å². The molecule has 0 bridgehead atoms. The van der Waals surface area contributed by atoms with Crippen LogP contribution in [0.25, 0.3) is 0 Å². The van der Waals surface area contributed by atoms with E-state index in [2.05, 4.69) is 93.6 Å². The summed E-state index contributed by atoms with van der Waals surface area (Å²) in [6, 6.07) is 28.2. The zero-order chi connectivity index (χ0) is 17.1. The average molecular weight is 363 g/mol. The van der Waals surface area contributed by atoms with Crippen LogP contribution >= 0.6 is 0 Å². The second-order valence-corrected chi connectivity index (χ2v) is 24.3. The molecule has 24 heavy (non-hydrogen) atoms. The molecular formula is C21H26Si3. The molecule has 1 atom stereocenters. The molecule has 0 aromatic heterocycles. The van der Waals surface area contributed by atoms with Crippen molar-refractivity contribution in [3.63, 3.8) is 0 Å². The van der Waals surface area contributed by atoms with Crippen LogP contribution in [0.5, 0.6) is 0 Å². The summed E-state index contributed by atoms with van der Waals surface area (Å²) in [5, 5.41) is 4.90. The molecule has 0 nitrogen and oxygen atoms in total. The van der Waals surface area contributed by atoms with Crippen molar-refractivity contribution in [2.75, 3.05) is 0 Å². The van der Waals surface area contributed by atoms with Gasteiger partial charge in [-0.05, 0) is 30.5 Å². The van der Waals surface area contributed by atoms with Gasteiger partial charge in [0.25, 0.3) is 0 Å². The molecule has 122 valence electrons. The van der Waals surface area contributed by atoms with Gasteiger partial charge in [-0.2, -0.15) is 0 Å². The van der Waals surface area contributed by atoms with E-state index in [-0.39, 0.29) is 0 Å². The number of hydrogen-bond acceptors (Lipinski definition) is 0. The Labute approximate surface area is 151 Å². The zero-order valence-corrected chi connectivity index (χ0v) is 19.4. The van der Waals surface area contributed by atoms with Crippen LogP contribution in [0, 0.1) is 20.8 Å². The van der Waals surface area contributed by atoms with Crippen LogP contribution in [-0.4, -0.2) is 25.9 Å². The quantitative estimate of drug-likeness (QED) is 0.608. The molecular weight excluding hydrogens is 336 g/mol. The minimum absolute atomic E-state index is 0.903. The van der Waals surface area contributed by atoms with Gasteiger partial charge in [-0.15, -0.1) is 0 Å². The van der Waals surface area contributed by atoms with Crippen LogP contribution in [0.4, 0.5) is 0 Å². The monoisotopic (exact) mass is 362 g/mol. The number of rotatable bonds is 4. The lowest BCUT2D eigenvalue weighted by Gasteiger charge is -2.23. The summed E-state index contributed by atoms with van der Waals surface area (Å²) >= 11 is 0. The third-order valence-corrected chi connectivity index (χ3v) is 24.1.